The summed E-state index contributed by atoms with van der Waals surface area (Å²) >= 11 is 0. The summed E-state index contributed by atoms with van der Waals surface area (Å²) in [7, 11) is -30.4. The van der Waals surface area contributed by atoms with E-state index < -0.39 is 215 Å². The monoisotopic (exact) mass is 1900 g/mol. The zero-order valence-electron chi connectivity index (χ0n) is 64.8. The first kappa shape index (κ1) is 114. The van der Waals surface area contributed by atoms with Gasteiger partial charge in [0.2, 0.25) is 0 Å². The summed E-state index contributed by atoms with van der Waals surface area (Å²) in [6.07, 6.45) is -47.0. The first-order valence-corrected chi connectivity index (χ1v) is 45.3. The summed E-state index contributed by atoms with van der Waals surface area (Å²) in [5.74, 6) is -2.08. The minimum absolute atomic E-state index is 0.0103. The number of aryl methyl sites for hydroxylation is 1. The quantitative estimate of drug-likeness (QED) is 0.0195. The number of hydrogen-bond donors (Lipinski definition) is 0. The van der Waals surface area contributed by atoms with Crippen LogP contribution in [0.25, 0.3) is 0 Å². The van der Waals surface area contributed by atoms with Crippen LogP contribution in [0.5, 0.6) is 0 Å². The third kappa shape index (κ3) is 43.6. The highest BCUT2D eigenvalue weighted by Gasteiger charge is 2.63. The van der Waals surface area contributed by atoms with Crippen molar-refractivity contribution in [2.24, 2.45) is 0 Å². The van der Waals surface area contributed by atoms with E-state index in [1.54, 1.807) is 13.8 Å². The van der Waals surface area contributed by atoms with Gasteiger partial charge >= 0.3 is 61.3 Å². The maximum Gasteiger partial charge on any atom is 0.425 e. The van der Waals surface area contributed by atoms with Crippen molar-refractivity contribution in [2.45, 2.75) is 338 Å². The van der Waals surface area contributed by atoms with Crippen molar-refractivity contribution in [3.8, 4) is 0 Å². The molecule has 2 aromatic rings. The lowest BCUT2D eigenvalue weighted by molar-refractivity contribution is -0.300. The van der Waals surface area contributed by atoms with E-state index >= 15 is 0 Å². The molecular weight excluding hydrogens is 1810 g/mol. The molecule has 1 fully saturated rings. The van der Waals surface area contributed by atoms with Gasteiger partial charge in [-0.1, -0.05) is 155 Å². The first-order valence-electron chi connectivity index (χ1n) is 36.7. The second-order valence-corrected chi connectivity index (χ2v) is 36.8. The normalized spacial score (nSPS) is 16.3. The van der Waals surface area contributed by atoms with E-state index in [9.17, 15) is 165 Å². The van der Waals surface area contributed by atoms with Gasteiger partial charge in [-0.15, -0.1) is 0 Å². The molecule has 0 spiro atoms. The van der Waals surface area contributed by atoms with Gasteiger partial charge in [0.05, 0.1) is 43.7 Å². The Morgan fingerprint density at radius 1 is 0.328 bits per heavy atom. The van der Waals surface area contributed by atoms with E-state index in [1.165, 1.54) is 57.1 Å². The summed E-state index contributed by atoms with van der Waals surface area (Å²) in [6.45, 7) is 10.3. The molecule has 2 aromatic carbocycles. The standard InChI is InChI=1S/C22H42O7S.C21H30F6O3S.C12H15F9O6S2.C12H9F9O6S2/c1-5-9-11-13-14-16-18-19(17-15-12-10-6-2)30(25,26)29-20(21(23)27-7-3)22(24)28-8-4;1-2-3-4-5-6-7-8-9-10-11-12-17-13-15-18(16-14-17)31(28,29)30-19(20(22,23)24)21(25,26)27;2*1-6(10(13,14)15)26-28(22,23)7-2-4-8(5-3-7)29(24,25)27-9(11(16,17)18)12(19,20)21/h19-20H,5-18H2,1-4H3;13-16,19H,2-12H2,1H3;6-9H,2-5H2,1H3;2-6,9H,1H3. The number of carbonyl (C=O) groups excluding carboxylic acids is 2. The van der Waals surface area contributed by atoms with Gasteiger partial charge in [0, 0.05) is 0 Å². The molecule has 1 aliphatic rings. The fraction of sp³-hybridized carbons (Fsp3) is 0.791. The average molecular weight is 1900 g/mol. The van der Waals surface area contributed by atoms with Gasteiger partial charge in [-0.3, -0.25) is 8.37 Å². The van der Waals surface area contributed by atoms with E-state index in [2.05, 4.69) is 41.7 Å². The second-order valence-electron chi connectivity index (χ2n) is 26.5. The fourth-order valence-corrected chi connectivity index (χ4v) is 18.0. The molecule has 700 valence electrons. The second kappa shape index (κ2) is 49.7. The molecule has 0 amide bonds. The van der Waals surface area contributed by atoms with Crippen LogP contribution in [0.1, 0.15) is 221 Å². The topological polar surface area (TPSA) is 313 Å². The predicted molar refractivity (Wildman–Crippen MR) is 376 cm³/mol. The van der Waals surface area contributed by atoms with E-state index in [-0.39, 0.29) is 25.3 Å². The molecule has 0 bridgehead atoms. The number of halogens is 24. The molecule has 1 aliphatic carbocycles. The van der Waals surface area contributed by atoms with Crippen LogP contribution >= 0.6 is 0 Å². The van der Waals surface area contributed by atoms with Gasteiger partial charge in [-0.25, -0.2) is 26.3 Å². The predicted octanol–water partition coefficient (Wildman–Crippen LogP) is 19.2. The van der Waals surface area contributed by atoms with Crippen LogP contribution < -0.4 is 0 Å². The smallest absolute Gasteiger partial charge is 0.425 e. The summed E-state index contributed by atoms with van der Waals surface area (Å²) in [6, 6.07) is 5.70. The average Bonchev–Trinajstić information content (AvgIpc) is 0.793. The van der Waals surface area contributed by atoms with Crippen molar-refractivity contribution in [2.75, 3.05) is 13.2 Å². The number of hydrogen-bond acceptors (Lipinski definition) is 22. The van der Waals surface area contributed by atoms with Crippen molar-refractivity contribution in [3.63, 3.8) is 0 Å². The lowest BCUT2D eigenvalue weighted by Crippen LogP contribution is -2.47. The molecule has 119 heavy (non-hydrogen) atoms. The maximum atomic E-state index is 13.0. The fourth-order valence-electron chi connectivity index (χ4n) is 10.3. The molecule has 3 atom stereocenters. The number of unbranched alkanes of at least 4 members (excludes halogenated alkanes) is 17. The van der Waals surface area contributed by atoms with Crippen molar-refractivity contribution in [3.05, 3.63) is 54.1 Å². The molecule has 22 nitrogen and oxygen atoms in total. The van der Waals surface area contributed by atoms with Gasteiger partial charge < -0.3 is 9.47 Å². The Balaban J connectivity index is 0.00000156. The molecular formula is C67H96F24O22S6. The molecule has 52 heteroatoms. The van der Waals surface area contributed by atoms with Gasteiger partial charge in [0.25, 0.3) is 85.1 Å². The van der Waals surface area contributed by atoms with Crippen LogP contribution in [0, 0.1) is 0 Å². The van der Waals surface area contributed by atoms with Gasteiger partial charge in [-0.2, -0.15) is 156 Å². The molecule has 0 saturated heterocycles. The number of carbonyl (C=O) groups is 2. The van der Waals surface area contributed by atoms with Crippen LogP contribution in [0.3, 0.4) is 0 Å². The number of ether oxygens (including phenoxy) is 2. The molecule has 0 aromatic heterocycles. The van der Waals surface area contributed by atoms with Crippen LogP contribution in [0.2, 0.25) is 0 Å². The highest BCUT2D eigenvalue weighted by atomic mass is 32.2. The van der Waals surface area contributed by atoms with Crippen molar-refractivity contribution < 1.29 is 200 Å². The number of alkyl halides is 24. The Kier molecular flexibility index (Phi) is 47.7. The highest BCUT2D eigenvalue weighted by Crippen LogP contribution is 2.43. The Morgan fingerprint density at radius 3 is 0.874 bits per heavy atom. The third-order valence-corrected chi connectivity index (χ3v) is 26.0. The zero-order valence-corrected chi connectivity index (χ0v) is 69.7. The lowest BCUT2D eigenvalue weighted by atomic mass is 10.00. The van der Waals surface area contributed by atoms with Gasteiger partial charge in [-0.05, 0) is 121 Å². The van der Waals surface area contributed by atoms with E-state index in [0.717, 1.165) is 101 Å². The maximum absolute atomic E-state index is 13.0. The first-order chi connectivity index (χ1) is 54.1. The van der Waals surface area contributed by atoms with Crippen molar-refractivity contribution in [1.29, 1.82) is 0 Å². The van der Waals surface area contributed by atoms with Gasteiger partial charge in [0.1, 0.15) is 0 Å². The molecule has 0 aliphatic heterocycles. The Labute approximate surface area is 675 Å². The van der Waals surface area contributed by atoms with Crippen LogP contribution in [0.4, 0.5) is 105 Å². The van der Waals surface area contributed by atoms with Gasteiger partial charge in [0.15, 0.2) is 12.2 Å². The molecule has 3 unspecified atom stereocenters. The molecule has 3 rings (SSSR count). The molecule has 0 heterocycles. The van der Waals surface area contributed by atoms with E-state index in [0.29, 0.717) is 45.2 Å². The number of rotatable bonds is 45. The van der Waals surface area contributed by atoms with Crippen molar-refractivity contribution in [1.82, 2.24) is 0 Å². The largest absolute Gasteiger partial charge is 0.464 e. The minimum Gasteiger partial charge on any atom is -0.464 e. The van der Waals surface area contributed by atoms with Crippen LogP contribution in [-0.4, -0.2) is 177 Å². The summed E-state index contributed by atoms with van der Waals surface area (Å²) < 4.78 is 475. The van der Waals surface area contributed by atoms with Crippen molar-refractivity contribution >= 4 is 72.6 Å². The van der Waals surface area contributed by atoms with Crippen LogP contribution in [-0.2, 0) is 111 Å². The summed E-state index contributed by atoms with van der Waals surface area (Å²) in [4.78, 5) is 21.1. The number of benzene rings is 2. The molecule has 0 N–H and O–H groups in total. The Morgan fingerprint density at radius 2 is 0.580 bits per heavy atom. The minimum atomic E-state index is -6.14. The van der Waals surface area contributed by atoms with E-state index in [4.69, 9.17) is 13.7 Å². The molecule has 0 radical (unpaired) electrons. The summed E-state index contributed by atoms with van der Waals surface area (Å²) in [5, 5.41) is -4.26. The number of esters is 2. The Bertz CT molecular complexity index is 3940. The summed E-state index contributed by atoms with van der Waals surface area (Å²) in [5.41, 5.74) is 0.752. The zero-order chi connectivity index (χ0) is 92.5. The SMILES string of the molecule is CC(OS(=O)(=O)C1CCC(S(=O)(=O)OC(C(F)(F)F)C(F)(F)F)CC1)C(F)(F)F.CC(OS(=O)(=O)c1ccc(S(=O)(=O)OC(C(F)(F)F)C(F)(F)F)cc1)C(F)(F)F.CCCCCCCCC(CCCCCC)S(=O)(=O)OC(C(=O)OCC)C(=O)OCC.CCCCCCCCCCCCc1ccc(S(=O)(=O)OC(C(F)(F)F)C(F)(F)F)cc1. The third-order valence-electron chi connectivity index (χ3n) is 16.7. The highest BCUT2D eigenvalue weighted by molar-refractivity contribution is 7.88. The van der Waals surface area contributed by atoms with Crippen LogP contribution in [0.15, 0.2) is 63.2 Å². The lowest BCUT2D eigenvalue weighted by Gasteiger charge is -2.30. The van der Waals surface area contributed by atoms with E-state index in [1.807, 2.05) is 0 Å². The molecule has 1 saturated carbocycles. The Hall–Kier alpha value is -4.84.